The average molecular weight is 202 g/mol. The Bertz CT molecular complexity index is 206. The second-order valence-corrected chi connectivity index (χ2v) is 3.29. The second kappa shape index (κ2) is 6.37. The lowest BCUT2D eigenvalue weighted by molar-refractivity contribution is -0.142. The van der Waals surface area contributed by atoms with Crippen LogP contribution in [-0.4, -0.2) is 29.6 Å². The van der Waals surface area contributed by atoms with E-state index >= 15 is 0 Å². The van der Waals surface area contributed by atoms with Crippen molar-refractivity contribution in [3.63, 3.8) is 0 Å². The number of carboxylic acids is 1. The van der Waals surface area contributed by atoms with E-state index in [1.807, 2.05) is 0 Å². The summed E-state index contributed by atoms with van der Waals surface area (Å²) in [6, 6.07) is -0.789. The Balaban J connectivity index is 4.08. The van der Waals surface area contributed by atoms with Crippen molar-refractivity contribution in [3.05, 3.63) is 0 Å². The molecule has 0 heterocycles. The first-order valence-corrected chi connectivity index (χ1v) is 4.76. The SMILES string of the molecule is CC[C@H](NC(=O)C(C)CCN)C(=O)O. The molecule has 0 rings (SSSR count). The van der Waals surface area contributed by atoms with E-state index in [9.17, 15) is 9.59 Å². The Morgan fingerprint density at radius 1 is 1.50 bits per heavy atom. The van der Waals surface area contributed by atoms with E-state index in [-0.39, 0.29) is 11.8 Å². The number of carbonyl (C=O) groups is 2. The molecule has 0 aliphatic heterocycles. The number of carboxylic acid groups (broad SMARTS) is 1. The maximum absolute atomic E-state index is 11.4. The van der Waals surface area contributed by atoms with Crippen molar-refractivity contribution < 1.29 is 14.7 Å². The van der Waals surface area contributed by atoms with E-state index in [4.69, 9.17) is 10.8 Å². The minimum Gasteiger partial charge on any atom is -0.480 e. The van der Waals surface area contributed by atoms with E-state index in [0.717, 1.165) is 0 Å². The Morgan fingerprint density at radius 2 is 2.07 bits per heavy atom. The van der Waals surface area contributed by atoms with E-state index in [1.165, 1.54) is 0 Å². The number of aliphatic carboxylic acids is 1. The third-order valence-corrected chi connectivity index (χ3v) is 2.07. The third-order valence-electron chi connectivity index (χ3n) is 2.07. The molecule has 0 radical (unpaired) electrons. The van der Waals surface area contributed by atoms with Crippen LogP contribution in [0.25, 0.3) is 0 Å². The van der Waals surface area contributed by atoms with Gasteiger partial charge in [0.15, 0.2) is 0 Å². The summed E-state index contributed by atoms with van der Waals surface area (Å²) in [5.74, 6) is -1.47. The van der Waals surface area contributed by atoms with E-state index < -0.39 is 12.0 Å². The first-order chi connectivity index (χ1) is 6.52. The van der Waals surface area contributed by atoms with Crippen molar-refractivity contribution in [2.45, 2.75) is 32.7 Å². The molecular formula is C9H18N2O3. The molecule has 0 aromatic carbocycles. The summed E-state index contributed by atoms with van der Waals surface area (Å²) in [7, 11) is 0. The molecule has 5 nitrogen and oxygen atoms in total. The third kappa shape index (κ3) is 4.23. The van der Waals surface area contributed by atoms with E-state index in [0.29, 0.717) is 19.4 Å². The standard InChI is InChI=1S/C9H18N2O3/c1-3-7(9(13)14)11-8(12)6(2)4-5-10/h6-7H,3-5,10H2,1-2H3,(H,11,12)(H,13,14)/t6?,7-/m0/s1. The molecule has 2 atom stereocenters. The molecule has 82 valence electrons. The summed E-state index contributed by atoms with van der Waals surface area (Å²) in [6.45, 7) is 3.88. The fraction of sp³-hybridized carbons (Fsp3) is 0.778. The van der Waals surface area contributed by atoms with Crippen LogP contribution in [-0.2, 0) is 9.59 Å². The molecule has 5 heteroatoms. The van der Waals surface area contributed by atoms with Crippen LogP contribution in [0.4, 0.5) is 0 Å². The predicted molar refractivity (Wildman–Crippen MR) is 52.7 cm³/mol. The van der Waals surface area contributed by atoms with Gasteiger partial charge in [0.05, 0.1) is 0 Å². The van der Waals surface area contributed by atoms with E-state index in [1.54, 1.807) is 13.8 Å². The first-order valence-electron chi connectivity index (χ1n) is 4.76. The van der Waals surface area contributed by atoms with Crippen LogP contribution in [0.1, 0.15) is 26.7 Å². The summed E-state index contributed by atoms with van der Waals surface area (Å²) in [4.78, 5) is 22.0. The van der Waals surface area contributed by atoms with Crippen molar-refractivity contribution in [3.8, 4) is 0 Å². The number of nitrogens with two attached hydrogens (primary N) is 1. The van der Waals surface area contributed by atoms with Crippen LogP contribution < -0.4 is 11.1 Å². The normalized spacial score (nSPS) is 14.5. The zero-order valence-corrected chi connectivity index (χ0v) is 8.62. The molecule has 0 saturated carbocycles. The number of nitrogens with one attached hydrogen (secondary N) is 1. The zero-order chi connectivity index (χ0) is 11.1. The van der Waals surface area contributed by atoms with Gasteiger partial charge in [-0.2, -0.15) is 0 Å². The fourth-order valence-corrected chi connectivity index (χ4v) is 1.03. The lowest BCUT2D eigenvalue weighted by atomic mass is 10.1. The average Bonchev–Trinajstić information content (AvgIpc) is 2.13. The van der Waals surface area contributed by atoms with Gasteiger partial charge in [0.1, 0.15) is 6.04 Å². The molecule has 0 aliphatic carbocycles. The highest BCUT2D eigenvalue weighted by Crippen LogP contribution is 2.01. The van der Waals surface area contributed by atoms with Crippen LogP contribution in [0.3, 0.4) is 0 Å². The van der Waals surface area contributed by atoms with Crippen molar-refractivity contribution >= 4 is 11.9 Å². The highest BCUT2D eigenvalue weighted by atomic mass is 16.4. The van der Waals surface area contributed by atoms with Gasteiger partial charge in [-0.3, -0.25) is 4.79 Å². The van der Waals surface area contributed by atoms with Gasteiger partial charge >= 0.3 is 5.97 Å². The van der Waals surface area contributed by atoms with Crippen molar-refractivity contribution in [1.29, 1.82) is 0 Å². The zero-order valence-electron chi connectivity index (χ0n) is 8.62. The van der Waals surface area contributed by atoms with Gasteiger partial charge in [0, 0.05) is 5.92 Å². The number of hydrogen-bond donors (Lipinski definition) is 3. The topological polar surface area (TPSA) is 92.4 Å². The summed E-state index contributed by atoms with van der Waals surface area (Å²) in [5, 5.41) is 11.2. The maximum Gasteiger partial charge on any atom is 0.326 e. The van der Waals surface area contributed by atoms with Gasteiger partial charge in [0.2, 0.25) is 5.91 Å². The lowest BCUT2D eigenvalue weighted by Crippen LogP contribution is -2.43. The van der Waals surface area contributed by atoms with Crippen LogP contribution in [0, 0.1) is 5.92 Å². The molecule has 0 aromatic rings. The molecule has 0 aliphatic rings. The number of amides is 1. The van der Waals surface area contributed by atoms with Crippen LogP contribution in [0.5, 0.6) is 0 Å². The van der Waals surface area contributed by atoms with Gasteiger partial charge in [-0.15, -0.1) is 0 Å². The molecule has 4 N–H and O–H groups in total. The number of hydrogen-bond acceptors (Lipinski definition) is 3. The number of rotatable bonds is 6. The molecule has 0 spiro atoms. The largest absolute Gasteiger partial charge is 0.480 e. The van der Waals surface area contributed by atoms with Crippen LogP contribution in [0.15, 0.2) is 0 Å². The fourth-order valence-electron chi connectivity index (χ4n) is 1.03. The highest BCUT2D eigenvalue weighted by molar-refractivity contribution is 5.84. The molecule has 0 saturated heterocycles. The Kier molecular flexibility index (Phi) is 5.87. The maximum atomic E-state index is 11.4. The minimum absolute atomic E-state index is 0.228. The van der Waals surface area contributed by atoms with Gasteiger partial charge in [0.25, 0.3) is 0 Å². The molecular weight excluding hydrogens is 184 g/mol. The van der Waals surface area contributed by atoms with Crippen LogP contribution >= 0.6 is 0 Å². The smallest absolute Gasteiger partial charge is 0.326 e. The van der Waals surface area contributed by atoms with Gasteiger partial charge in [-0.25, -0.2) is 4.79 Å². The van der Waals surface area contributed by atoms with Crippen molar-refractivity contribution in [2.75, 3.05) is 6.54 Å². The molecule has 1 amide bonds. The summed E-state index contributed by atoms with van der Waals surface area (Å²) in [5.41, 5.74) is 5.29. The summed E-state index contributed by atoms with van der Waals surface area (Å²) in [6.07, 6.45) is 0.957. The minimum atomic E-state index is -0.999. The lowest BCUT2D eigenvalue weighted by Gasteiger charge is -2.15. The van der Waals surface area contributed by atoms with Crippen molar-refractivity contribution in [2.24, 2.45) is 11.7 Å². The molecule has 0 bridgehead atoms. The molecule has 1 unspecified atom stereocenters. The highest BCUT2D eigenvalue weighted by Gasteiger charge is 2.20. The summed E-state index contributed by atoms with van der Waals surface area (Å²) >= 11 is 0. The Labute approximate surface area is 83.7 Å². The van der Waals surface area contributed by atoms with Gasteiger partial charge in [-0.05, 0) is 19.4 Å². The van der Waals surface area contributed by atoms with E-state index in [2.05, 4.69) is 5.32 Å². The second-order valence-electron chi connectivity index (χ2n) is 3.29. The van der Waals surface area contributed by atoms with Gasteiger partial charge in [-0.1, -0.05) is 13.8 Å². The molecule has 0 fully saturated rings. The summed E-state index contributed by atoms with van der Waals surface area (Å²) < 4.78 is 0. The predicted octanol–water partition coefficient (Wildman–Crippen LogP) is -0.0493. The van der Waals surface area contributed by atoms with Crippen LogP contribution in [0.2, 0.25) is 0 Å². The quantitative estimate of drug-likeness (QED) is 0.563. The Hall–Kier alpha value is -1.10. The molecule has 14 heavy (non-hydrogen) atoms. The number of carbonyl (C=O) groups excluding carboxylic acids is 1. The molecule has 0 aromatic heterocycles. The monoisotopic (exact) mass is 202 g/mol. The first kappa shape index (κ1) is 12.9. The van der Waals surface area contributed by atoms with Crippen molar-refractivity contribution in [1.82, 2.24) is 5.32 Å². The Morgan fingerprint density at radius 3 is 2.43 bits per heavy atom. The van der Waals surface area contributed by atoms with Gasteiger partial charge < -0.3 is 16.2 Å².